The molecule has 2 saturated heterocycles. The minimum absolute atomic E-state index is 0.133. The largest absolute Gasteiger partial charge is 0.324 e. The normalized spacial score (nSPS) is 29.6. The van der Waals surface area contributed by atoms with Crippen molar-refractivity contribution in [2.75, 3.05) is 20.1 Å². The van der Waals surface area contributed by atoms with Crippen molar-refractivity contribution in [2.24, 2.45) is 5.73 Å². The molecule has 3 heteroatoms. The van der Waals surface area contributed by atoms with Gasteiger partial charge in [-0.15, -0.1) is 0 Å². The lowest BCUT2D eigenvalue weighted by molar-refractivity contribution is 0.0760. The van der Waals surface area contributed by atoms with E-state index in [2.05, 4.69) is 41.1 Å². The molecule has 0 spiro atoms. The van der Waals surface area contributed by atoms with Crippen LogP contribution in [0.4, 0.5) is 0 Å². The maximum absolute atomic E-state index is 5.90. The summed E-state index contributed by atoms with van der Waals surface area (Å²) in [4.78, 5) is 5.19. The van der Waals surface area contributed by atoms with Gasteiger partial charge in [-0.1, -0.05) is 24.3 Å². The monoisotopic (exact) mass is 259 g/mol. The standard InChI is InChI=1S/C16H25N3/c1-12(17)14-5-3-13(4-6-14)9-19-15-7-8-16(19)11-18(2)10-15/h3-6,12,15-16H,7-11,17H2,1-2H3/t12-,15?,16?/m0/s1. The van der Waals surface area contributed by atoms with Gasteiger partial charge in [-0.25, -0.2) is 0 Å². The molecule has 2 aliphatic heterocycles. The van der Waals surface area contributed by atoms with Gasteiger partial charge in [0.15, 0.2) is 0 Å². The lowest BCUT2D eigenvalue weighted by atomic mass is 10.1. The molecule has 104 valence electrons. The van der Waals surface area contributed by atoms with E-state index >= 15 is 0 Å². The SMILES string of the molecule is C[C@H](N)c1ccc(CN2C3CCC2CN(C)C3)cc1. The van der Waals surface area contributed by atoms with Crippen molar-refractivity contribution in [2.45, 2.75) is 44.4 Å². The molecule has 2 unspecified atom stereocenters. The predicted octanol–water partition coefficient (Wildman–Crippen LogP) is 1.98. The van der Waals surface area contributed by atoms with E-state index in [1.807, 2.05) is 6.92 Å². The fraction of sp³-hybridized carbons (Fsp3) is 0.625. The molecule has 1 aromatic rings. The highest BCUT2D eigenvalue weighted by Gasteiger charge is 2.38. The van der Waals surface area contributed by atoms with Gasteiger partial charge in [-0.3, -0.25) is 4.90 Å². The third kappa shape index (κ3) is 2.69. The summed E-state index contributed by atoms with van der Waals surface area (Å²) < 4.78 is 0. The van der Waals surface area contributed by atoms with E-state index in [4.69, 9.17) is 5.73 Å². The second kappa shape index (κ2) is 5.23. The summed E-state index contributed by atoms with van der Waals surface area (Å²) in [6, 6.07) is 10.5. The first-order chi connectivity index (χ1) is 9.13. The summed E-state index contributed by atoms with van der Waals surface area (Å²) in [5, 5.41) is 0. The Morgan fingerprint density at radius 3 is 2.26 bits per heavy atom. The van der Waals surface area contributed by atoms with Crippen LogP contribution >= 0.6 is 0 Å². The second-order valence-corrected chi connectivity index (χ2v) is 6.31. The molecule has 19 heavy (non-hydrogen) atoms. The van der Waals surface area contributed by atoms with Crippen molar-refractivity contribution in [3.8, 4) is 0 Å². The van der Waals surface area contributed by atoms with Crippen molar-refractivity contribution in [3.05, 3.63) is 35.4 Å². The number of likely N-dealkylation sites (tertiary alicyclic amines) is 1. The van der Waals surface area contributed by atoms with Gasteiger partial charge in [-0.2, -0.15) is 0 Å². The molecule has 2 N–H and O–H groups in total. The summed E-state index contributed by atoms with van der Waals surface area (Å²) in [5.41, 5.74) is 8.55. The summed E-state index contributed by atoms with van der Waals surface area (Å²) in [6.45, 7) is 5.60. The highest BCUT2D eigenvalue weighted by atomic mass is 15.3. The molecule has 1 aromatic carbocycles. The van der Waals surface area contributed by atoms with E-state index in [-0.39, 0.29) is 6.04 Å². The summed E-state index contributed by atoms with van der Waals surface area (Å²) >= 11 is 0. The van der Waals surface area contributed by atoms with Crippen LogP contribution in [0, 0.1) is 0 Å². The fourth-order valence-electron chi connectivity index (χ4n) is 3.60. The second-order valence-electron chi connectivity index (χ2n) is 6.31. The average molecular weight is 259 g/mol. The first-order valence-electron chi connectivity index (χ1n) is 7.42. The van der Waals surface area contributed by atoms with Gasteiger partial charge in [0.05, 0.1) is 0 Å². The molecule has 2 aliphatic rings. The fourth-order valence-corrected chi connectivity index (χ4v) is 3.60. The Hall–Kier alpha value is -0.900. The Kier molecular flexibility index (Phi) is 3.61. The third-order valence-corrected chi connectivity index (χ3v) is 4.69. The molecule has 2 fully saturated rings. The smallest absolute Gasteiger partial charge is 0.0266 e. The Bertz CT molecular complexity index is 412. The van der Waals surface area contributed by atoms with Crippen LogP contribution in [0.5, 0.6) is 0 Å². The number of rotatable bonds is 3. The first kappa shape index (κ1) is 13.1. The minimum atomic E-state index is 0.133. The van der Waals surface area contributed by atoms with E-state index in [1.54, 1.807) is 0 Å². The Morgan fingerprint density at radius 2 is 1.74 bits per heavy atom. The molecule has 2 bridgehead atoms. The molecule has 3 rings (SSSR count). The molecule has 0 amide bonds. The zero-order valence-electron chi connectivity index (χ0n) is 12.0. The molecule has 0 saturated carbocycles. The van der Waals surface area contributed by atoms with E-state index < -0.39 is 0 Å². The molecule has 3 nitrogen and oxygen atoms in total. The average Bonchev–Trinajstić information content (AvgIpc) is 2.62. The van der Waals surface area contributed by atoms with Gasteiger partial charge in [0.1, 0.15) is 0 Å². The number of nitrogens with two attached hydrogens (primary N) is 1. The minimum Gasteiger partial charge on any atom is -0.324 e. The van der Waals surface area contributed by atoms with Gasteiger partial charge in [-0.05, 0) is 37.9 Å². The zero-order chi connectivity index (χ0) is 13.4. The lowest BCUT2D eigenvalue weighted by Gasteiger charge is -2.39. The zero-order valence-corrected chi connectivity index (χ0v) is 12.0. The van der Waals surface area contributed by atoms with E-state index in [0.29, 0.717) is 0 Å². The number of nitrogens with zero attached hydrogens (tertiary/aromatic N) is 2. The van der Waals surface area contributed by atoms with Gasteiger partial charge < -0.3 is 10.6 Å². The van der Waals surface area contributed by atoms with Gasteiger partial charge in [0, 0.05) is 37.8 Å². The Balaban J connectivity index is 1.68. The number of likely N-dealkylation sites (N-methyl/N-ethyl adjacent to an activating group) is 1. The quantitative estimate of drug-likeness (QED) is 0.901. The van der Waals surface area contributed by atoms with E-state index in [9.17, 15) is 0 Å². The Labute approximate surface area is 116 Å². The summed E-state index contributed by atoms with van der Waals surface area (Å²) in [5.74, 6) is 0. The van der Waals surface area contributed by atoms with Crippen LogP contribution in [0.1, 0.15) is 36.9 Å². The van der Waals surface area contributed by atoms with Crippen molar-refractivity contribution in [1.82, 2.24) is 9.80 Å². The van der Waals surface area contributed by atoms with Crippen LogP contribution in [0.3, 0.4) is 0 Å². The van der Waals surface area contributed by atoms with Crippen LogP contribution in [0.2, 0.25) is 0 Å². The number of hydrogen-bond acceptors (Lipinski definition) is 3. The van der Waals surface area contributed by atoms with Gasteiger partial charge in [0.2, 0.25) is 0 Å². The van der Waals surface area contributed by atoms with Gasteiger partial charge in [0.25, 0.3) is 0 Å². The van der Waals surface area contributed by atoms with E-state index in [0.717, 1.165) is 18.6 Å². The lowest BCUT2D eigenvalue weighted by Crippen LogP contribution is -2.51. The molecular weight excluding hydrogens is 234 g/mol. The van der Waals surface area contributed by atoms with Crippen molar-refractivity contribution in [3.63, 3.8) is 0 Å². The molecular formula is C16H25N3. The number of benzene rings is 1. The highest BCUT2D eigenvalue weighted by Crippen LogP contribution is 2.31. The maximum Gasteiger partial charge on any atom is 0.0266 e. The van der Waals surface area contributed by atoms with Crippen molar-refractivity contribution < 1.29 is 0 Å². The predicted molar refractivity (Wildman–Crippen MR) is 78.9 cm³/mol. The third-order valence-electron chi connectivity index (χ3n) is 4.69. The molecule has 0 aromatic heterocycles. The number of hydrogen-bond donors (Lipinski definition) is 1. The summed E-state index contributed by atoms with van der Waals surface area (Å²) in [7, 11) is 2.25. The van der Waals surface area contributed by atoms with Crippen molar-refractivity contribution >= 4 is 0 Å². The Morgan fingerprint density at radius 1 is 1.16 bits per heavy atom. The van der Waals surface area contributed by atoms with Crippen LogP contribution in [-0.2, 0) is 6.54 Å². The van der Waals surface area contributed by atoms with Crippen LogP contribution in [0.15, 0.2) is 24.3 Å². The molecule has 3 atom stereocenters. The maximum atomic E-state index is 5.90. The molecule has 0 aliphatic carbocycles. The highest BCUT2D eigenvalue weighted by molar-refractivity contribution is 5.24. The number of fused-ring (bicyclic) bond motifs is 2. The molecule has 2 heterocycles. The van der Waals surface area contributed by atoms with Crippen molar-refractivity contribution in [1.29, 1.82) is 0 Å². The first-order valence-corrected chi connectivity index (χ1v) is 7.42. The van der Waals surface area contributed by atoms with Crippen LogP contribution in [0.25, 0.3) is 0 Å². The van der Waals surface area contributed by atoms with Gasteiger partial charge >= 0.3 is 0 Å². The number of piperazine rings is 1. The van der Waals surface area contributed by atoms with Crippen LogP contribution < -0.4 is 5.73 Å². The topological polar surface area (TPSA) is 32.5 Å². The summed E-state index contributed by atoms with van der Waals surface area (Å²) in [6.07, 6.45) is 2.74. The van der Waals surface area contributed by atoms with Crippen LogP contribution in [-0.4, -0.2) is 42.0 Å². The molecule has 0 radical (unpaired) electrons. The van der Waals surface area contributed by atoms with E-state index in [1.165, 1.54) is 37.1 Å².